The number of benzene rings is 1. The Balaban J connectivity index is -0.000000800. The van der Waals surface area contributed by atoms with Gasteiger partial charge >= 0.3 is 0 Å². The third-order valence-electron chi connectivity index (χ3n) is 6.64. The zero-order valence-corrected chi connectivity index (χ0v) is 33.0. The zero-order valence-electron chi connectivity index (χ0n) is 33.0. The first-order valence-corrected chi connectivity index (χ1v) is 17.4. The molecule has 0 aliphatic rings. The molecule has 1 heterocycles. The fourth-order valence-electron chi connectivity index (χ4n) is 4.30. The number of aromatic nitrogens is 1. The maximum Gasteiger partial charge on any atom is 0.241 e. The summed E-state index contributed by atoms with van der Waals surface area (Å²) in [6.45, 7) is 18.9. The Labute approximate surface area is 312 Å². The van der Waals surface area contributed by atoms with E-state index in [0.29, 0.717) is 30.6 Å². The van der Waals surface area contributed by atoms with Gasteiger partial charge in [0.05, 0.1) is 32.2 Å². The largest absolute Gasteiger partial charge is 0.504 e. The number of nitrogens with zero attached hydrogens (tertiary/aromatic N) is 3. The van der Waals surface area contributed by atoms with Crippen molar-refractivity contribution < 1.29 is 27.8 Å². The van der Waals surface area contributed by atoms with Crippen molar-refractivity contribution in [2.24, 2.45) is 16.8 Å². The summed E-state index contributed by atoms with van der Waals surface area (Å²) in [6.07, 6.45) is 13.3. The van der Waals surface area contributed by atoms with Crippen molar-refractivity contribution in [1.82, 2.24) is 15.3 Å². The number of hydrazone groups is 1. The average molecular weight is 731 g/mol. The van der Waals surface area contributed by atoms with Crippen molar-refractivity contribution >= 4 is 23.6 Å². The number of nitrogens with one attached hydrogen (secondary N) is 2. The number of aldehydes is 1. The summed E-state index contributed by atoms with van der Waals surface area (Å²) in [5, 5.41) is 6.95. The van der Waals surface area contributed by atoms with E-state index >= 15 is 0 Å². The van der Waals surface area contributed by atoms with Gasteiger partial charge < -0.3 is 30.7 Å². The number of ether oxygens (including phenoxy) is 2. The van der Waals surface area contributed by atoms with Crippen molar-refractivity contribution in [1.29, 1.82) is 0 Å². The predicted molar refractivity (Wildman–Crippen MR) is 214 cm³/mol. The minimum absolute atomic E-state index is 0.109. The summed E-state index contributed by atoms with van der Waals surface area (Å²) in [6, 6.07) is 7.67. The lowest BCUT2D eigenvalue weighted by Crippen LogP contribution is -2.44. The average Bonchev–Trinajstić information content (AvgIpc) is 3.17. The second kappa shape index (κ2) is 34.8. The molecule has 12 heteroatoms. The van der Waals surface area contributed by atoms with Gasteiger partial charge in [-0.15, -0.1) is 13.2 Å². The Morgan fingerprint density at radius 3 is 2.25 bits per heavy atom. The van der Waals surface area contributed by atoms with Crippen LogP contribution < -0.4 is 21.2 Å². The third-order valence-corrected chi connectivity index (χ3v) is 6.64. The molecule has 1 aromatic heterocycles. The molecule has 2 atom stereocenters. The Morgan fingerprint density at radius 1 is 1.13 bits per heavy atom. The first kappa shape index (κ1) is 51.7. The third kappa shape index (κ3) is 21.5. The molecular weight excluding hydrogens is 666 g/mol. The number of carbonyl (C=O) groups is 2. The predicted octanol–water partition coefficient (Wildman–Crippen LogP) is 7.68. The highest BCUT2D eigenvalue weighted by atomic mass is 19.1. The van der Waals surface area contributed by atoms with Gasteiger partial charge in [-0.05, 0) is 70.1 Å². The lowest BCUT2D eigenvalue weighted by atomic mass is 10.0. The highest BCUT2D eigenvalue weighted by Crippen LogP contribution is 2.21. The topological polar surface area (TPSA) is 131 Å². The van der Waals surface area contributed by atoms with Crippen LogP contribution in [-0.2, 0) is 20.7 Å². The van der Waals surface area contributed by atoms with Gasteiger partial charge in [-0.1, -0.05) is 52.8 Å². The number of hydrogen-bond acceptors (Lipinski definition) is 9. The SMILES string of the molecule is C=CC.C=CCC(C=O)/C=C/C(=N\NC)c1ccnc(CC)c1.CC.CCC(C(=O)Nc1ccc(OC)c(F)c1)N(CC)C/C(=C\OC)CF.CN. The smallest absolute Gasteiger partial charge is 0.241 e. The Morgan fingerprint density at radius 2 is 1.79 bits per heavy atom. The fraction of sp³-hybridized carbons (Fsp3) is 0.450. The van der Waals surface area contributed by atoms with Crippen molar-refractivity contribution in [2.45, 2.75) is 66.8 Å². The molecule has 2 aromatic rings. The van der Waals surface area contributed by atoms with Gasteiger partial charge in [0.25, 0.3) is 0 Å². The first-order valence-electron chi connectivity index (χ1n) is 17.4. The van der Waals surface area contributed by atoms with Crippen molar-refractivity contribution in [2.75, 3.05) is 53.4 Å². The number of alkyl halides is 1. The minimum Gasteiger partial charge on any atom is -0.504 e. The molecule has 0 saturated carbocycles. The standard InChI is InChI=1S/C18H26F2N2O3.C16H21N3O.C3H6.C2H6.CH5N/c1-5-16(22(6-2)11-13(10-19)12-24-3)18(23)21-14-7-8-17(25-4)15(20)9-14;1-4-6-13(12-20)7-8-16(19-17-3)14-9-10-18-15(5-2)11-14;1-3-2;2*1-2/h7-9,12,16H,5-6,10-11H2,1-4H3,(H,21,23);4,7-13,17H,1,5-6H2,2-3H3;3H,1H2,2H3;1-2H3;2H2,1H3/b13-12-;8-7+,19-16+;;;. The minimum atomic E-state index is -0.647. The number of methoxy groups -OCH3 is 2. The van der Waals surface area contributed by atoms with Crippen molar-refractivity contribution in [3.63, 3.8) is 0 Å². The van der Waals surface area contributed by atoms with E-state index in [1.54, 1.807) is 31.5 Å². The number of aryl methyl sites for hydroxylation is 1. The Kier molecular flexibility index (Phi) is 34.5. The maximum atomic E-state index is 13.8. The van der Waals surface area contributed by atoms with Gasteiger partial charge in [0.15, 0.2) is 11.6 Å². The number of pyridine rings is 1. The van der Waals surface area contributed by atoms with Gasteiger partial charge in [0, 0.05) is 54.3 Å². The van der Waals surface area contributed by atoms with Gasteiger partial charge in [-0.3, -0.25) is 14.7 Å². The second-order valence-electron chi connectivity index (χ2n) is 10.2. The summed E-state index contributed by atoms with van der Waals surface area (Å²) >= 11 is 0. The number of rotatable bonds is 18. The molecule has 0 spiro atoms. The lowest BCUT2D eigenvalue weighted by molar-refractivity contribution is -0.121. The molecule has 0 aliphatic heterocycles. The van der Waals surface area contributed by atoms with Crippen LogP contribution in [0.25, 0.3) is 0 Å². The van der Waals surface area contributed by atoms with Crippen LogP contribution in [0.15, 0.2) is 90.9 Å². The van der Waals surface area contributed by atoms with Crippen molar-refractivity contribution in [3.8, 4) is 5.75 Å². The first-order chi connectivity index (χ1) is 25.2. The normalized spacial score (nSPS) is 11.7. The van der Waals surface area contributed by atoms with Crippen LogP contribution in [0.3, 0.4) is 0 Å². The van der Waals surface area contributed by atoms with Crippen LogP contribution in [0.4, 0.5) is 14.5 Å². The molecule has 1 amide bonds. The lowest BCUT2D eigenvalue weighted by Gasteiger charge is -2.29. The quantitative estimate of drug-likeness (QED) is 0.0468. The zero-order chi connectivity index (χ0) is 40.3. The number of anilines is 1. The number of carbonyl (C=O) groups excluding carboxylic acids is 2. The summed E-state index contributed by atoms with van der Waals surface area (Å²) in [5.74, 6) is -0.882. The number of hydrogen-bond donors (Lipinski definition) is 3. The molecule has 1 aromatic carbocycles. The van der Waals surface area contributed by atoms with Crippen LogP contribution in [0.1, 0.15) is 65.6 Å². The number of allylic oxidation sites excluding steroid dienone is 4. The summed E-state index contributed by atoms with van der Waals surface area (Å²) in [7, 11) is 6.07. The fourth-order valence-corrected chi connectivity index (χ4v) is 4.30. The van der Waals surface area contributed by atoms with Crippen molar-refractivity contribution in [3.05, 3.63) is 103 Å². The number of nitrogens with two attached hydrogens (primary N) is 1. The molecule has 10 nitrogen and oxygen atoms in total. The number of halogens is 2. The highest BCUT2D eigenvalue weighted by Gasteiger charge is 2.24. The van der Waals surface area contributed by atoms with Gasteiger partial charge in [0.2, 0.25) is 5.91 Å². The number of amides is 1. The molecule has 52 heavy (non-hydrogen) atoms. The molecule has 0 saturated heterocycles. The van der Waals surface area contributed by atoms with E-state index in [0.717, 1.165) is 29.7 Å². The summed E-state index contributed by atoms with van der Waals surface area (Å²) in [4.78, 5) is 29.6. The summed E-state index contributed by atoms with van der Waals surface area (Å²) < 4.78 is 36.5. The molecule has 0 radical (unpaired) electrons. The van der Waals surface area contributed by atoms with Crippen LogP contribution in [0.2, 0.25) is 0 Å². The summed E-state index contributed by atoms with van der Waals surface area (Å²) in [5.41, 5.74) is 10.8. The maximum absolute atomic E-state index is 13.8. The highest BCUT2D eigenvalue weighted by molar-refractivity contribution is 6.08. The van der Waals surface area contributed by atoms with E-state index in [4.69, 9.17) is 9.47 Å². The van der Waals surface area contributed by atoms with E-state index in [2.05, 4.69) is 46.6 Å². The second-order valence-corrected chi connectivity index (χ2v) is 10.2. The van der Waals surface area contributed by atoms with E-state index in [9.17, 15) is 18.4 Å². The Bertz CT molecular complexity index is 1350. The monoisotopic (exact) mass is 730 g/mol. The molecule has 292 valence electrons. The molecule has 4 N–H and O–H groups in total. The van der Waals surface area contributed by atoms with Gasteiger partial charge in [-0.2, -0.15) is 5.10 Å². The van der Waals surface area contributed by atoms with Gasteiger partial charge in [-0.25, -0.2) is 8.78 Å². The number of likely N-dealkylation sites (N-methyl/N-ethyl adjacent to an activating group) is 1. The van der Waals surface area contributed by atoms with E-state index < -0.39 is 18.5 Å². The Hall–Kier alpha value is -4.68. The van der Waals surface area contributed by atoms with Gasteiger partial charge in [0.1, 0.15) is 13.0 Å². The molecule has 0 aliphatic carbocycles. The van der Waals surface area contributed by atoms with E-state index in [1.807, 2.05) is 63.8 Å². The molecule has 2 rings (SSSR count). The molecule has 2 unspecified atom stereocenters. The van der Waals surface area contributed by atoms with Crippen LogP contribution in [0.5, 0.6) is 5.75 Å². The van der Waals surface area contributed by atoms with Crippen LogP contribution in [-0.4, -0.2) is 81.9 Å². The van der Waals surface area contributed by atoms with Crippen LogP contribution in [0, 0.1) is 11.7 Å². The molecular formula is C40H64F2N6O4. The van der Waals surface area contributed by atoms with E-state index in [1.165, 1.54) is 39.7 Å². The van der Waals surface area contributed by atoms with Crippen LogP contribution >= 0.6 is 0 Å². The molecule has 0 fully saturated rings. The molecule has 0 bridgehead atoms. The van der Waals surface area contributed by atoms with E-state index in [-0.39, 0.29) is 24.1 Å².